The number of hydrogen-bond acceptors (Lipinski definition) is 4. The molecule has 0 amide bonds. The van der Waals surface area contributed by atoms with Crippen LogP contribution in [0.4, 0.5) is 11.5 Å². The van der Waals surface area contributed by atoms with Crippen molar-refractivity contribution in [3.63, 3.8) is 0 Å². The van der Waals surface area contributed by atoms with Gasteiger partial charge in [-0.25, -0.2) is 0 Å². The van der Waals surface area contributed by atoms with E-state index in [9.17, 15) is 0 Å². The number of thioether (sulfide) groups is 1. The molecule has 5 heteroatoms. The van der Waals surface area contributed by atoms with E-state index < -0.39 is 0 Å². The van der Waals surface area contributed by atoms with Crippen molar-refractivity contribution in [2.75, 3.05) is 23.1 Å². The fourth-order valence-electron chi connectivity index (χ4n) is 1.68. The zero-order valence-corrected chi connectivity index (χ0v) is 11.4. The smallest absolute Gasteiger partial charge is 0.148 e. The lowest BCUT2D eigenvalue weighted by Crippen LogP contribution is -2.23. The Kier molecular flexibility index (Phi) is 4.99. The first kappa shape index (κ1) is 13.2. The molecule has 1 heterocycles. The first-order chi connectivity index (χ1) is 7.63. The maximum atomic E-state index is 6.06. The van der Waals surface area contributed by atoms with Crippen molar-refractivity contribution in [2.45, 2.75) is 32.7 Å². The lowest BCUT2D eigenvalue weighted by Gasteiger charge is -2.17. The van der Waals surface area contributed by atoms with Gasteiger partial charge in [-0.3, -0.25) is 4.68 Å². The summed E-state index contributed by atoms with van der Waals surface area (Å²) in [6, 6.07) is 0.456. The summed E-state index contributed by atoms with van der Waals surface area (Å²) in [7, 11) is 1.93. The zero-order valence-electron chi connectivity index (χ0n) is 10.6. The van der Waals surface area contributed by atoms with Crippen LogP contribution in [0.3, 0.4) is 0 Å². The highest BCUT2D eigenvalue weighted by Gasteiger charge is 2.14. The molecule has 3 N–H and O–H groups in total. The number of nitrogen functional groups attached to an aromatic ring is 1. The fourth-order valence-corrected chi connectivity index (χ4v) is 2.41. The molecule has 0 aliphatic rings. The van der Waals surface area contributed by atoms with Crippen LogP contribution in [0, 0.1) is 0 Å². The van der Waals surface area contributed by atoms with Gasteiger partial charge in [0.2, 0.25) is 0 Å². The highest BCUT2D eigenvalue weighted by atomic mass is 32.2. The van der Waals surface area contributed by atoms with E-state index in [-0.39, 0.29) is 0 Å². The van der Waals surface area contributed by atoms with Gasteiger partial charge in [-0.1, -0.05) is 13.8 Å². The summed E-state index contributed by atoms with van der Waals surface area (Å²) < 4.78 is 1.84. The molecule has 0 saturated heterocycles. The molecule has 1 rings (SSSR count). The first-order valence-corrected chi connectivity index (χ1v) is 7.10. The first-order valence-electron chi connectivity index (χ1n) is 5.70. The van der Waals surface area contributed by atoms with Crippen LogP contribution in [-0.2, 0) is 13.5 Å². The van der Waals surface area contributed by atoms with Gasteiger partial charge in [0.05, 0.1) is 11.4 Å². The summed E-state index contributed by atoms with van der Waals surface area (Å²) in [6.07, 6.45) is 4.09. The van der Waals surface area contributed by atoms with Crippen LogP contribution in [0.5, 0.6) is 0 Å². The number of nitrogens with one attached hydrogen (secondary N) is 1. The third-order valence-corrected chi connectivity index (χ3v) is 3.43. The van der Waals surface area contributed by atoms with E-state index >= 15 is 0 Å². The lowest BCUT2D eigenvalue weighted by atomic mass is 10.2. The summed E-state index contributed by atoms with van der Waals surface area (Å²) in [4.78, 5) is 0. The van der Waals surface area contributed by atoms with E-state index in [1.807, 2.05) is 23.5 Å². The molecule has 0 fully saturated rings. The predicted octanol–water partition coefficient (Wildman–Crippen LogP) is 2.12. The van der Waals surface area contributed by atoms with Crippen molar-refractivity contribution in [1.29, 1.82) is 0 Å². The Labute approximate surface area is 102 Å². The molecule has 1 aromatic rings. The fraction of sp³-hybridized carbons (Fsp3) is 0.727. The molecule has 92 valence electrons. The summed E-state index contributed by atoms with van der Waals surface area (Å²) in [6.45, 7) is 4.25. The Hall–Kier alpha value is -0.840. The molecule has 0 aliphatic carbocycles. The molecule has 0 aromatic carbocycles. The SMILES string of the molecule is CCc1nn(C)c(NC(CC)CSC)c1N. The van der Waals surface area contributed by atoms with Crippen LogP contribution in [0.1, 0.15) is 26.0 Å². The Bertz CT molecular complexity index is 335. The molecular formula is C11H22N4S. The van der Waals surface area contributed by atoms with E-state index in [2.05, 4.69) is 30.5 Å². The minimum absolute atomic E-state index is 0.456. The van der Waals surface area contributed by atoms with Gasteiger partial charge in [0.1, 0.15) is 5.82 Å². The van der Waals surface area contributed by atoms with Crippen LogP contribution in [-0.4, -0.2) is 27.8 Å². The van der Waals surface area contributed by atoms with Gasteiger partial charge in [-0.2, -0.15) is 16.9 Å². The van der Waals surface area contributed by atoms with Gasteiger partial charge in [0.15, 0.2) is 0 Å². The standard InChI is InChI=1S/C11H22N4S/c1-5-8(7-16-4)13-11-10(12)9(6-2)14-15(11)3/h8,13H,5-7,12H2,1-4H3. The van der Waals surface area contributed by atoms with Crippen LogP contribution in [0.2, 0.25) is 0 Å². The van der Waals surface area contributed by atoms with E-state index in [1.54, 1.807) is 0 Å². The highest BCUT2D eigenvalue weighted by Crippen LogP contribution is 2.23. The maximum Gasteiger partial charge on any atom is 0.148 e. The number of nitrogens with two attached hydrogens (primary N) is 1. The number of hydrogen-bond donors (Lipinski definition) is 2. The molecule has 0 spiro atoms. The van der Waals surface area contributed by atoms with Crippen molar-refractivity contribution >= 4 is 23.3 Å². The molecule has 0 radical (unpaired) electrons. The van der Waals surface area contributed by atoms with Crippen molar-refractivity contribution in [3.8, 4) is 0 Å². The van der Waals surface area contributed by atoms with Gasteiger partial charge < -0.3 is 11.1 Å². The number of aromatic nitrogens is 2. The molecule has 4 nitrogen and oxygen atoms in total. The molecule has 0 bridgehead atoms. The third-order valence-electron chi connectivity index (χ3n) is 2.70. The monoisotopic (exact) mass is 242 g/mol. The van der Waals surface area contributed by atoms with Crippen molar-refractivity contribution in [1.82, 2.24) is 9.78 Å². The Morgan fingerprint density at radius 1 is 1.50 bits per heavy atom. The summed E-state index contributed by atoms with van der Waals surface area (Å²) in [5.74, 6) is 2.04. The minimum Gasteiger partial charge on any atom is -0.394 e. The zero-order chi connectivity index (χ0) is 12.1. The Morgan fingerprint density at radius 3 is 2.62 bits per heavy atom. The van der Waals surface area contributed by atoms with Crippen LogP contribution >= 0.6 is 11.8 Å². The second kappa shape index (κ2) is 6.03. The third kappa shape index (κ3) is 2.84. The normalized spacial score (nSPS) is 12.8. The summed E-state index contributed by atoms with van der Waals surface area (Å²) in [5, 5.41) is 7.87. The second-order valence-corrected chi connectivity index (χ2v) is 4.80. The molecular weight excluding hydrogens is 220 g/mol. The average Bonchev–Trinajstić information content (AvgIpc) is 2.55. The largest absolute Gasteiger partial charge is 0.394 e. The van der Waals surface area contributed by atoms with Crippen molar-refractivity contribution in [3.05, 3.63) is 5.69 Å². The Morgan fingerprint density at radius 2 is 2.19 bits per heavy atom. The van der Waals surface area contributed by atoms with E-state index in [0.717, 1.165) is 35.8 Å². The van der Waals surface area contributed by atoms with Crippen LogP contribution in [0.25, 0.3) is 0 Å². The summed E-state index contributed by atoms with van der Waals surface area (Å²) >= 11 is 1.84. The quantitative estimate of drug-likeness (QED) is 0.802. The minimum atomic E-state index is 0.456. The number of anilines is 2. The molecule has 1 aromatic heterocycles. The van der Waals surface area contributed by atoms with Gasteiger partial charge in [-0.15, -0.1) is 0 Å². The van der Waals surface area contributed by atoms with Gasteiger partial charge >= 0.3 is 0 Å². The van der Waals surface area contributed by atoms with Gasteiger partial charge in [-0.05, 0) is 19.1 Å². The van der Waals surface area contributed by atoms with E-state index in [0.29, 0.717) is 6.04 Å². The lowest BCUT2D eigenvalue weighted by molar-refractivity contribution is 0.715. The number of nitrogens with zero attached hydrogens (tertiary/aromatic N) is 2. The maximum absolute atomic E-state index is 6.06. The predicted molar refractivity (Wildman–Crippen MR) is 73.1 cm³/mol. The summed E-state index contributed by atoms with van der Waals surface area (Å²) in [5.41, 5.74) is 7.83. The molecule has 16 heavy (non-hydrogen) atoms. The molecule has 0 saturated carbocycles. The number of rotatable bonds is 6. The van der Waals surface area contributed by atoms with Crippen molar-refractivity contribution in [2.24, 2.45) is 7.05 Å². The molecule has 0 aliphatic heterocycles. The van der Waals surface area contributed by atoms with E-state index in [1.165, 1.54) is 0 Å². The molecule has 1 atom stereocenters. The van der Waals surface area contributed by atoms with Gasteiger partial charge in [0.25, 0.3) is 0 Å². The average molecular weight is 242 g/mol. The van der Waals surface area contributed by atoms with Crippen LogP contribution < -0.4 is 11.1 Å². The van der Waals surface area contributed by atoms with Gasteiger partial charge in [0, 0.05) is 18.8 Å². The van der Waals surface area contributed by atoms with Crippen molar-refractivity contribution < 1.29 is 0 Å². The van der Waals surface area contributed by atoms with Crippen LogP contribution in [0.15, 0.2) is 0 Å². The van der Waals surface area contributed by atoms with E-state index in [4.69, 9.17) is 5.73 Å². The number of aryl methyl sites for hydroxylation is 2. The topological polar surface area (TPSA) is 55.9 Å². The molecule has 1 unspecified atom stereocenters. The Balaban J connectivity index is 2.82. The second-order valence-electron chi connectivity index (χ2n) is 3.89. The highest BCUT2D eigenvalue weighted by molar-refractivity contribution is 7.98.